The lowest BCUT2D eigenvalue weighted by Crippen LogP contribution is -2.46. The highest BCUT2D eigenvalue weighted by Gasteiger charge is 2.28. The third kappa shape index (κ3) is 4.24. The van der Waals surface area contributed by atoms with Crippen molar-refractivity contribution in [1.82, 2.24) is 0 Å². The predicted molar refractivity (Wildman–Crippen MR) is 76.4 cm³/mol. The van der Waals surface area contributed by atoms with Crippen LogP contribution in [0.3, 0.4) is 0 Å². The molecule has 0 aliphatic carbocycles. The van der Waals surface area contributed by atoms with Crippen LogP contribution in [0.4, 0.5) is 0 Å². The zero-order valence-corrected chi connectivity index (χ0v) is 12.1. The number of benzene rings is 1. The Bertz CT molecular complexity index is 437. The lowest BCUT2D eigenvalue weighted by atomic mass is 10.1. The summed E-state index contributed by atoms with van der Waals surface area (Å²) >= 11 is 0. The van der Waals surface area contributed by atoms with E-state index in [1.807, 2.05) is 6.92 Å². The van der Waals surface area contributed by atoms with Gasteiger partial charge in [0.2, 0.25) is 0 Å². The number of nitrogens with two attached hydrogens (primary N) is 2. The normalized spacial score (nSPS) is 14.6. The maximum absolute atomic E-state index is 12.1. The van der Waals surface area contributed by atoms with E-state index >= 15 is 0 Å². The maximum atomic E-state index is 12.1. The molecule has 0 aliphatic rings. The van der Waals surface area contributed by atoms with Gasteiger partial charge in [-0.3, -0.25) is 0 Å². The molecular weight excluding hydrogens is 272 g/mol. The first-order valence-electron chi connectivity index (χ1n) is 5.80. The monoisotopic (exact) mass is 292 g/mol. The molecule has 2 unspecified atom stereocenters. The summed E-state index contributed by atoms with van der Waals surface area (Å²) in [6.07, 6.45) is 2.49. The van der Waals surface area contributed by atoms with Crippen LogP contribution in [-0.4, -0.2) is 19.8 Å². The molecule has 4 N–H and O–H groups in total. The van der Waals surface area contributed by atoms with E-state index < -0.39 is 21.3 Å². The van der Waals surface area contributed by atoms with E-state index in [1.54, 1.807) is 30.3 Å². The average Bonchev–Trinajstić information content (AvgIpc) is 2.36. The SMILES string of the molecule is CCCCC(N)C(N)S(=O)(=O)c1ccccc1.Cl. The zero-order valence-electron chi connectivity index (χ0n) is 10.5. The van der Waals surface area contributed by atoms with E-state index in [9.17, 15) is 8.42 Å². The third-order valence-corrected chi connectivity index (χ3v) is 4.74. The van der Waals surface area contributed by atoms with E-state index in [4.69, 9.17) is 11.5 Å². The Kier molecular flexibility index (Phi) is 7.47. The summed E-state index contributed by atoms with van der Waals surface area (Å²) in [5.41, 5.74) is 11.6. The van der Waals surface area contributed by atoms with Gasteiger partial charge in [0.05, 0.1) is 4.90 Å². The Morgan fingerprint density at radius 3 is 2.22 bits per heavy atom. The lowest BCUT2D eigenvalue weighted by Gasteiger charge is -2.19. The second-order valence-electron chi connectivity index (χ2n) is 4.13. The summed E-state index contributed by atoms with van der Waals surface area (Å²) in [5, 5.41) is -1.03. The molecule has 0 heterocycles. The van der Waals surface area contributed by atoms with Crippen LogP contribution in [0.2, 0.25) is 0 Å². The first kappa shape index (κ1) is 17.4. The fraction of sp³-hybridized carbons (Fsp3) is 0.500. The Balaban J connectivity index is 0.00000289. The van der Waals surface area contributed by atoms with E-state index in [1.165, 1.54) is 0 Å². The summed E-state index contributed by atoms with van der Waals surface area (Å²) in [7, 11) is -3.52. The molecule has 0 saturated carbocycles. The standard InChI is InChI=1S/C12H20N2O2S.ClH/c1-2-3-9-11(13)12(14)17(15,16)10-7-5-4-6-8-10;/h4-8,11-12H,2-3,9,13-14H2,1H3;1H. The number of sulfone groups is 1. The number of hydrogen-bond acceptors (Lipinski definition) is 4. The Morgan fingerprint density at radius 2 is 1.72 bits per heavy atom. The van der Waals surface area contributed by atoms with E-state index in [-0.39, 0.29) is 17.3 Å². The molecule has 0 aliphatic heterocycles. The van der Waals surface area contributed by atoms with Crippen LogP contribution in [0, 0.1) is 0 Å². The van der Waals surface area contributed by atoms with Gasteiger partial charge in [-0.1, -0.05) is 38.0 Å². The summed E-state index contributed by atoms with van der Waals surface area (Å²) in [6, 6.07) is 7.69. The highest BCUT2D eigenvalue weighted by atomic mass is 35.5. The van der Waals surface area contributed by atoms with Crippen LogP contribution in [0.25, 0.3) is 0 Å². The lowest BCUT2D eigenvalue weighted by molar-refractivity contribution is 0.520. The van der Waals surface area contributed by atoms with E-state index in [0.29, 0.717) is 6.42 Å². The third-order valence-electron chi connectivity index (χ3n) is 2.74. The number of hydrogen-bond donors (Lipinski definition) is 2. The Hall–Kier alpha value is -0.620. The van der Waals surface area contributed by atoms with Gasteiger partial charge in [-0.2, -0.15) is 0 Å². The van der Waals surface area contributed by atoms with Gasteiger partial charge < -0.3 is 11.5 Å². The van der Waals surface area contributed by atoms with Crippen molar-refractivity contribution in [2.75, 3.05) is 0 Å². The molecule has 0 bridgehead atoms. The van der Waals surface area contributed by atoms with Gasteiger partial charge in [0.15, 0.2) is 9.84 Å². The minimum Gasteiger partial charge on any atom is -0.325 e. The smallest absolute Gasteiger partial charge is 0.195 e. The minimum atomic E-state index is -3.52. The van der Waals surface area contributed by atoms with Crippen LogP contribution in [-0.2, 0) is 9.84 Å². The van der Waals surface area contributed by atoms with Crippen LogP contribution < -0.4 is 11.5 Å². The summed E-state index contributed by atoms with van der Waals surface area (Å²) in [4.78, 5) is 0.236. The molecule has 0 amide bonds. The topological polar surface area (TPSA) is 86.2 Å². The van der Waals surface area contributed by atoms with Crippen molar-refractivity contribution in [2.24, 2.45) is 11.5 Å². The van der Waals surface area contributed by atoms with Crippen molar-refractivity contribution in [3.8, 4) is 0 Å². The summed E-state index contributed by atoms with van der Waals surface area (Å²) < 4.78 is 24.3. The first-order chi connectivity index (χ1) is 8.00. The molecule has 1 aromatic rings. The van der Waals surface area contributed by atoms with Crippen molar-refractivity contribution < 1.29 is 8.42 Å². The van der Waals surface area contributed by atoms with Crippen LogP contribution >= 0.6 is 12.4 Å². The Morgan fingerprint density at radius 1 is 1.17 bits per heavy atom. The van der Waals surface area contributed by atoms with Crippen molar-refractivity contribution in [1.29, 1.82) is 0 Å². The molecule has 0 radical (unpaired) electrons. The van der Waals surface area contributed by atoms with Gasteiger partial charge in [-0.15, -0.1) is 12.4 Å². The highest BCUT2D eigenvalue weighted by molar-refractivity contribution is 7.92. The molecule has 1 rings (SSSR count). The molecule has 104 valence electrons. The molecule has 0 spiro atoms. The largest absolute Gasteiger partial charge is 0.325 e. The highest BCUT2D eigenvalue weighted by Crippen LogP contribution is 2.16. The van der Waals surface area contributed by atoms with Crippen LogP contribution in [0.15, 0.2) is 35.2 Å². The Labute approximate surface area is 115 Å². The average molecular weight is 293 g/mol. The molecule has 2 atom stereocenters. The quantitative estimate of drug-likeness (QED) is 0.835. The maximum Gasteiger partial charge on any atom is 0.195 e. The van der Waals surface area contributed by atoms with Crippen molar-refractivity contribution in [2.45, 2.75) is 42.5 Å². The van der Waals surface area contributed by atoms with Crippen molar-refractivity contribution >= 4 is 22.2 Å². The molecule has 0 aromatic heterocycles. The second-order valence-corrected chi connectivity index (χ2v) is 6.23. The van der Waals surface area contributed by atoms with Gasteiger partial charge in [0.1, 0.15) is 5.37 Å². The van der Waals surface area contributed by atoms with Crippen LogP contribution in [0.1, 0.15) is 26.2 Å². The fourth-order valence-corrected chi connectivity index (χ4v) is 3.05. The minimum absolute atomic E-state index is 0. The summed E-state index contributed by atoms with van der Waals surface area (Å²) in [6.45, 7) is 2.03. The predicted octanol–water partition coefficient (Wildman–Crippen LogP) is 1.68. The van der Waals surface area contributed by atoms with Gasteiger partial charge in [0.25, 0.3) is 0 Å². The molecule has 0 fully saturated rings. The number of unbranched alkanes of at least 4 members (excludes halogenated alkanes) is 1. The first-order valence-corrected chi connectivity index (χ1v) is 7.35. The zero-order chi connectivity index (χ0) is 12.9. The van der Waals surface area contributed by atoms with E-state index in [2.05, 4.69) is 0 Å². The molecular formula is C12H21ClN2O2S. The van der Waals surface area contributed by atoms with Crippen molar-refractivity contribution in [3.63, 3.8) is 0 Å². The number of halogens is 1. The molecule has 4 nitrogen and oxygen atoms in total. The summed E-state index contributed by atoms with van der Waals surface area (Å²) in [5.74, 6) is 0. The van der Waals surface area contributed by atoms with E-state index in [0.717, 1.165) is 12.8 Å². The molecule has 6 heteroatoms. The second kappa shape index (κ2) is 7.74. The van der Waals surface area contributed by atoms with Gasteiger partial charge >= 0.3 is 0 Å². The van der Waals surface area contributed by atoms with Gasteiger partial charge in [-0.05, 0) is 18.6 Å². The van der Waals surface area contributed by atoms with Gasteiger partial charge in [-0.25, -0.2) is 8.42 Å². The molecule has 18 heavy (non-hydrogen) atoms. The van der Waals surface area contributed by atoms with Gasteiger partial charge in [0, 0.05) is 6.04 Å². The van der Waals surface area contributed by atoms with Crippen molar-refractivity contribution in [3.05, 3.63) is 30.3 Å². The number of rotatable bonds is 6. The molecule has 0 saturated heterocycles. The van der Waals surface area contributed by atoms with Crippen LogP contribution in [0.5, 0.6) is 0 Å². The molecule has 1 aromatic carbocycles. The fourth-order valence-electron chi connectivity index (χ4n) is 1.60.